The van der Waals surface area contributed by atoms with Crippen molar-refractivity contribution in [2.24, 2.45) is 0 Å². The van der Waals surface area contributed by atoms with E-state index < -0.39 is 6.09 Å². The summed E-state index contributed by atoms with van der Waals surface area (Å²) in [6.45, 7) is 0. The molecule has 1 amide bonds. The number of hydrogen-bond acceptors (Lipinski definition) is 3. The Morgan fingerprint density at radius 3 is 2.00 bits per heavy atom. The number of nitrogens with one attached hydrogen (secondary N) is 1. The number of carboxylic acid groups (broad SMARTS) is 1. The maximum absolute atomic E-state index is 9.15. The van der Waals surface area contributed by atoms with Gasteiger partial charge in [0.25, 0.3) is 0 Å². The zero-order valence-corrected chi connectivity index (χ0v) is 4.16. The van der Waals surface area contributed by atoms with Gasteiger partial charge in [0.15, 0.2) is 0 Å². The van der Waals surface area contributed by atoms with Crippen molar-refractivity contribution in [1.82, 2.24) is 5.32 Å². The molecule has 0 aromatic heterocycles. The van der Waals surface area contributed by atoms with Gasteiger partial charge in [0.2, 0.25) is 0 Å². The Balaban J connectivity index is 0. The van der Waals surface area contributed by atoms with Gasteiger partial charge in [0, 0.05) is 7.05 Å². The highest BCUT2D eigenvalue weighted by Crippen LogP contribution is 1.36. The molecule has 0 radical (unpaired) electrons. The smallest absolute Gasteiger partial charge is 0.133 e. The van der Waals surface area contributed by atoms with E-state index in [1.807, 2.05) is 5.32 Å². The number of thiol groups is 1. The van der Waals surface area contributed by atoms with Crippen molar-refractivity contribution in [3.63, 3.8) is 0 Å². The van der Waals surface area contributed by atoms with Gasteiger partial charge in [-0.3, -0.25) is 0 Å². The van der Waals surface area contributed by atoms with Crippen LogP contribution in [0.3, 0.4) is 0 Å². The highest BCUT2D eigenvalue weighted by molar-refractivity contribution is 7.37. The number of carbonyl (C=O) groups is 1. The van der Waals surface area contributed by atoms with Crippen LogP contribution in [0.5, 0.6) is 0 Å². The van der Waals surface area contributed by atoms with E-state index in [0.717, 1.165) is 0 Å². The normalized spacial score (nSPS) is 5.50. The summed E-state index contributed by atoms with van der Waals surface area (Å²) in [5.74, 6) is 0. The zero-order valence-electron chi connectivity index (χ0n) is 3.26. The lowest BCUT2D eigenvalue weighted by atomic mass is 11.1. The lowest BCUT2D eigenvalue weighted by Gasteiger charge is -1.92. The lowest BCUT2D eigenvalue weighted by Crippen LogP contribution is -2.33. The van der Waals surface area contributed by atoms with Gasteiger partial charge in [-0.2, -0.15) is 0 Å². The summed E-state index contributed by atoms with van der Waals surface area (Å²) in [5.41, 5.74) is 0. The Hall–Kier alpha value is -0.380. The van der Waals surface area contributed by atoms with Crippen LogP contribution in [-0.4, -0.2) is 13.1 Å². The molecule has 0 saturated carbocycles. The summed E-state index contributed by atoms with van der Waals surface area (Å²) in [4.78, 5) is 9.15. The van der Waals surface area contributed by atoms with Crippen LogP contribution in [0.2, 0.25) is 0 Å². The second-order valence-electron chi connectivity index (χ2n) is 0.537. The maximum Gasteiger partial charge on any atom is 0.133 e. The molecule has 0 aliphatic rings. The molecular weight excluding hydrogens is 102 g/mol. The fourth-order valence-corrected chi connectivity index (χ4v) is 0. The highest BCUT2D eigenvalue weighted by Gasteiger charge is 1.59. The van der Waals surface area contributed by atoms with Crippen LogP contribution in [-0.2, 0) is 13.5 Å². The van der Waals surface area contributed by atoms with Crippen molar-refractivity contribution in [2.75, 3.05) is 7.05 Å². The van der Waals surface area contributed by atoms with Gasteiger partial charge >= 0.3 is 0 Å². The largest absolute Gasteiger partial charge is 0.813 e. The van der Waals surface area contributed by atoms with E-state index in [1.54, 1.807) is 0 Å². The highest BCUT2D eigenvalue weighted by atomic mass is 32.1. The molecule has 0 atom stereocenters. The molecule has 0 aromatic rings. The Labute approximate surface area is 42.8 Å². The van der Waals surface area contributed by atoms with Gasteiger partial charge in [0.1, 0.15) is 6.09 Å². The number of hydrogen-bond donors (Lipinski definition) is 1. The van der Waals surface area contributed by atoms with Gasteiger partial charge in [0.05, 0.1) is 0 Å². The topological polar surface area (TPSA) is 52.2 Å². The molecule has 0 aliphatic heterocycles. The first-order chi connectivity index (χ1) is 2.27. The van der Waals surface area contributed by atoms with Crippen LogP contribution in [0.25, 0.3) is 0 Å². The maximum atomic E-state index is 9.15. The molecule has 4 heteroatoms. The predicted octanol–water partition coefficient (Wildman–Crippen LogP) is -1.72. The number of amides is 1. The molecule has 0 heterocycles. The van der Waals surface area contributed by atoms with Crippen molar-refractivity contribution in [2.45, 2.75) is 0 Å². The van der Waals surface area contributed by atoms with Gasteiger partial charge in [-0.1, -0.05) is 0 Å². The Bertz CT molecular complexity index is 46.8. The lowest BCUT2D eigenvalue weighted by molar-refractivity contribution is -0.250. The van der Waals surface area contributed by atoms with E-state index in [9.17, 15) is 0 Å². The quantitative estimate of drug-likeness (QED) is 0.296. The fraction of sp³-hybridized carbons (Fsp3) is 0.500. The molecule has 0 fully saturated rings. The van der Waals surface area contributed by atoms with Crippen LogP contribution in [0.1, 0.15) is 0 Å². The van der Waals surface area contributed by atoms with Crippen molar-refractivity contribution in [3.8, 4) is 0 Å². The zero-order chi connectivity index (χ0) is 4.28. The monoisotopic (exact) mass is 107 g/mol. The first-order valence-corrected chi connectivity index (χ1v) is 1.16. The van der Waals surface area contributed by atoms with E-state index in [0.29, 0.717) is 0 Å². The minimum Gasteiger partial charge on any atom is -0.813 e. The van der Waals surface area contributed by atoms with Gasteiger partial charge in [-0.15, -0.1) is 0 Å². The van der Waals surface area contributed by atoms with E-state index in [1.165, 1.54) is 7.05 Å². The van der Waals surface area contributed by atoms with Crippen LogP contribution in [0.4, 0.5) is 4.79 Å². The third-order valence-electron chi connectivity index (χ3n) is 0.204. The average molecular weight is 107 g/mol. The Morgan fingerprint density at radius 1 is 1.83 bits per heavy atom. The SMILES string of the molecule is CNC(=O)[O-].[SH-]. The number of rotatable bonds is 0. The van der Waals surface area contributed by atoms with Crippen LogP contribution in [0, 0.1) is 0 Å². The average Bonchev–Trinajstić information content (AvgIpc) is 1.38. The molecule has 0 unspecified atom stereocenters. The van der Waals surface area contributed by atoms with Crippen molar-refractivity contribution in [1.29, 1.82) is 0 Å². The summed E-state index contributed by atoms with van der Waals surface area (Å²) in [6.07, 6.45) is -1.25. The summed E-state index contributed by atoms with van der Waals surface area (Å²) in [5, 5.41) is 11.0. The van der Waals surface area contributed by atoms with E-state index >= 15 is 0 Å². The first-order valence-electron chi connectivity index (χ1n) is 1.16. The molecule has 38 valence electrons. The van der Waals surface area contributed by atoms with E-state index in [4.69, 9.17) is 9.90 Å². The van der Waals surface area contributed by atoms with E-state index in [-0.39, 0.29) is 13.5 Å². The summed E-state index contributed by atoms with van der Waals surface area (Å²) in [7, 11) is 1.29. The summed E-state index contributed by atoms with van der Waals surface area (Å²) in [6, 6.07) is 0. The van der Waals surface area contributed by atoms with Gasteiger partial charge in [-0.25, -0.2) is 0 Å². The van der Waals surface area contributed by atoms with Crippen LogP contribution >= 0.6 is 0 Å². The second-order valence-corrected chi connectivity index (χ2v) is 0.537. The van der Waals surface area contributed by atoms with Crippen molar-refractivity contribution >= 4 is 19.6 Å². The minimum absolute atomic E-state index is 0. The molecule has 0 saturated heterocycles. The van der Waals surface area contributed by atoms with Gasteiger partial charge in [-0.05, 0) is 0 Å². The van der Waals surface area contributed by atoms with Gasteiger partial charge < -0.3 is 28.7 Å². The molecular formula is C2H5NO2S-2. The molecule has 1 N–H and O–H groups in total. The first kappa shape index (κ1) is 9.15. The molecule has 3 nitrogen and oxygen atoms in total. The van der Waals surface area contributed by atoms with Crippen LogP contribution < -0.4 is 10.4 Å². The number of carbonyl (C=O) groups excluding carboxylic acids is 1. The second kappa shape index (κ2) is 4.62. The third kappa shape index (κ3) is 9.47. The molecule has 0 aromatic carbocycles. The fourth-order valence-electron chi connectivity index (χ4n) is 0. The molecule has 0 spiro atoms. The Kier molecular flexibility index (Phi) is 7.05. The van der Waals surface area contributed by atoms with E-state index in [2.05, 4.69) is 0 Å². The van der Waals surface area contributed by atoms with Crippen LogP contribution in [0.15, 0.2) is 0 Å². The Morgan fingerprint density at radius 2 is 2.00 bits per heavy atom. The third-order valence-corrected chi connectivity index (χ3v) is 0.204. The predicted molar refractivity (Wildman–Crippen MR) is 23.2 cm³/mol. The molecule has 0 bridgehead atoms. The summed E-state index contributed by atoms with van der Waals surface area (Å²) >= 11 is 0. The molecule has 0 aliphatic carbocycles. The molecule has 6 heavy (non-hydrogen) atoms. The summed E-state index contributed by atoms with van der Waals surface area (Å²) < 4.78 is 0. The standard InChI is InChI=1S/C2H5NO2.H2S/c1-3-2(4)5;/h3H,1H3,(H,4,5);1H2/p-2. The van der Waals surface area contributed by atoms with Crippen molar-refractivity contribution < 1.29 is 9.90 Å². The van der Waals surface area contributed by atoms with Crippen molar-refractivity contribution in [3.05, 3.63) is 0 Å². The minimum atomic E-state index is -1.25. The molecule has 0 rings (SSSR count).